The van der Waals surface area contributed by atoms with E-state index in [1.807, 2.05) is 11.5 Å². The zero-order valence-corrected chi connectivity index (χ0v) is 10.00. The molecule has 1 heterocycles. The van der Waals surface area contributed by atoms with E-state index < -0.39 is 5.97 Å². The van der Waals surface area contributed by atoms with Crippen molar-refractivity contribution < 1.29 is 14.3 Å². The van der Waals surface area contributed by atoms with Crippen LogP contribution < -0.4 is 0 Å². The van der Waals surface area contributed by atoms with E-state index in [4.69, 9.17) is 5.11 Å². The molecule has 1 N–H and O–H groups in total. The SMILES string of the molecule is CCn1c(SCC(=O)O)nc2cc(F)ccc21. The predicted octanol–water partition coefficient (Wildman–Crippen LogP) is 2.37. The van der Waals surface area contributed by atoms with Crippen molar-refractivity contribution in [1.82, 2.24) is 9.55 Å². The number of thioether (sulfide) groups is 1. The normalized spacial score (nSPS) is 10.9. The third-order valence-corrected chi connectivity index (χ3v) is 3.28. The van der Waals surface area contributed by atoms with Crippen LogP contribution in [0.3, 0.4) is 0 Å². The number of aryl methyl sites for hydroxylation is 1. The molecule has 0 aliphatic rings. The lowest BCUT2D eigenvalue weighted by Crippen LogP contribution is -2.01. The van der Waals surface area contributed by atoms with E-state index in [0.717, 1.165) is 17.3 Å². The summed E-state index contributed by atoms with van der Waals surface area (Å²) in [5.74, 6) is -1.28. The molecule has 0 aliphatic carbocycles. The largest absolute Gasteiger partial charge is 0.481 e. The Morgan fingerprint density at radius 2 is 2.35 bits per heavy atom. The van der Waals surface area contributed by atoms with Crippen molar-refractivity contribution in [3.8, 4) is 0 Å². The molecule has 0 fully saturated rings. The summed E-state index contributed by atoms with van der Waals surface area (Å²) in [6, 6.07) is 4.39. The number of imidazole rings is 1. The predicted molar refractivity (Wildman–Crippen MR) is 63.7 cm³/mol. The number of hydrogen-bond acceptors (Lipinski definition) is 3. The summed E-state index contributed by atoms with van der Waals surface area (Å²) in [4.78, 5) is 14.8. The summed E-state index contributed by atoms with van der Waals surface area (Å²) >= 11 is 1.14. The number of benzene rings is 1. The minimum absolute atomic E-state index is 0.0498. The van der Waals surface area contributed by atoms with Gasteiger partial charge in [0, 0.05) is 12.6 Å². The van der Waals surface area contributed by atoms with Crippen LogP contribution in [0.15, 0.2) is 23.4 Å². The van der Waals surface area contributed by atoms with Gasteiger partial charge in [-0.05, 0) is 19.1 Å². The van der Waals surface area contributed by atoms with Crippen LogP contribution in [0, 0.1) is 5.82 Å². The van der Waals surface area contributed by atoms with Crippen molar-refractivity contribution in [3.63, 3.8) is 0 Å². The number of halogens is 1. The molecule has 0 bridgehead atoms. The number of hydrogen-bond donors (Lipinski definition) is 1. The van der Waals surface area contributed by atoms with Crippen molar-refractivity contribution in [2.75, 3.05) is 5.75 Å². The van der Waals surface area contributed by atoms with E-state index in [-0.39, 0.29) is 11.6 Å². The first-order valence-corrected chi connectivity index (χ1v) is 6.10. The Labute approximate surface area is 101 Å². The Hall–Kier alpha value is -1.56. The smallest absolute Gasteiger partial charge is 0.313 e. The molecule has 0 saturated carbocycles. The molecule has 2 aromatic rings. The second-order valence-corrected chi connectivity index (χ2v) is 4.40. The fraction of sp³-hybridized carbons (Fsp3) is 0.273. The number of fused-ring (bicyclic) bond motifs is 1. The number of aliphatic carboxylic acids is 1. The van der Waals surface area contributed by atoms with Gasteiger partial charge in [-0.2, -0.15) is 0 Å². The van der Waals surface area contributed by atoms with E-state index >= 15 is 0 Å². The van der Waals surface area contributed by atoms with Crippen LogP contribution in [0.1, 0.15) is 6.92 Å². The molecule has 0 spiro atoms. The molecule has 17 heavy (non-hydrogen) atoms. The average Bonchev–Trinajstić information content (AvgIpc) is 2.62. The second-order valence-electron chi connectivity index (χ2n) is 3.45. The van der Waals surface area contributed by atoms with Crippen LogP contribution in [-0.2, 0) is 11.3 Å². The van der Waals surface area contributed by atoms with E-state index in [1.54, 1.807) is 6.07 Å². The van der Waals surface area contributed by atoms with Gasteiger partial charge in [0.25, 0.3) is 0 Å². The van der Waals surface area contributed by atoms with E-state index in [0.29, 0.717) is 17.2 Å². The van der Waals surface area contributed by atoms with Gasteiger partial charge in [0.2, 0.25) is 0 Å². The van der Waals surface area contributed by atoms with Crippen LogP contribution in [0.4, 0.5) is 4.39 Å². The van der Waals surface area contributed by atoms with Crippen LogP contribution in [0.2, 0.25) is 0 Å². The van der Waals surface area contributed by atoms with Crippen LogP contribution in [0.5, 0.6) is 0 Å². The third-order valence-electron chi connectivity index (χ3n) is 2.32. The van der Waals surface area contributed by atoms with Crippen LogP contribution in [0.25, 0.3) is 11.0 Å². The molecule has 0 amide bonds. The molecule has 4 nitrogen and oxygen atoms in total. The summed E-state index contributed by atoms with van der Waals surface area (Å²) in [5.41, 5.74) is 1.38. The summed E-state index contributed by atoms with van der Waals surface area (Å²) < 4.78 is 14.9. The number of nitrogens with zero attached hydrogens (tertiary/aromatic N) is 2. The van der Waals surface area contributed by atoms with Crippen LogP contribution >= 0.6 is 11.8 Å². The van der Waals surface area contributed by atoms with Gasteiger partial charge in [0.05, 0.1) is 16.8 Å². The molecule has 2 rings (SSSR count). The Morgan fingerprint density at radius 3 is 3.00 bits per heavy atom. The fourth-order valence-corrected chi connectivity index (χ4v) is 2.42. The topological polar surface area (TPSA) is 55.1 Å². The molecule has 1 aromatic carbocycles. The zero-order chi connectivity index (χ0) is 12.4. The molecule has 0 saturated heterocycles. The number of carboxylic acids is 1. The maximum absolute atomic E-state index is 13.0. The lowest BCUT2D eigenvalue weighted by Gasteiger charge is -2.03. The molecule has 90 valence electrons. The summed E-state index contributed by atoms with van der Waals surface area (Å²) in [6.45, 7) is 2.61. The Kier molecular flexibility index (Phi) is 3.33. The standard InChI is InChI=1S/C11H11FN2O2S/c1-2-14-9-4-3-7(12)5-8(9)13-11(14)17-6-10(15)16/h3-5H,2,6H2,1H3,(H,15,16). The van der Waals surface area contributed by atoms with E-state index in [1.165, 1.54) is 12.1 Å². The summed E-state index contributed by atoms with van der Waals surface area (Å²) in [6.07, 6.45) is 0. The highest BCUT2D eigenvalue weighted by Gasteiger charge is 2.11. The van der Waals surface area contributed by atoms with Gasteiger partial charge in [-0.1, -0.05) is 11.8 Å². The Morgan fingerprint density at radius 1 is 1.59 bits per heavy atom. The van der Waals surface area contributed by atoms with Gasteiger partial charge in [-0.15, -0.1) is 0 Å². The molecule has 1 aromatic heterocycles. The monoisotopic (exact) mass is 254 g/mol. The lowest BCUT2D eigenvalue weighted by molar-refractivity contribution is -0.133. The van der Waals surface area contributed by atoms with Crippen molar-refractivity contribution in [1.29, 1.82) is 0 Å². The fourth-order valence-electron chi connectivity index (χ4n) is 1.62. The number of carboxylic acid groups (broad SMARTS) is 1. The maximum atomic E-state index is 13.0. The highest BCUT2D eigenvalue weighted by atomic mass is 32.2. The van der Waals surface area contributed by atoms with Gasteiger partial charge in [-0.25, -0.2) is 9.37 Å². The van der Waals surface area contributed by atoms with Crippen molar-refractivity contribution in [2.24, 2.45) is 0 Å². The van der Waals surface area contributed by atoms with Crippen molar-refractivity contribution in [3.05, 3.63) is 24.0 Å². The van der Waals surface area contributed by atoms with Gasteiger partial charge < -0.3 is 9.67 Å². The minimum Gasteiger partial charge on any atom is -0.481 e. The van der Waals surface area contributed by atoms with Crippen molar-refractivity contribution >= 4 is 28.8 Å². The molecular formula is C11H11FN2O2S. The lowest BCUT2D eigenvalue weighted by atomic mass is 10.3. The highest BCUT2D eigenvalue weighted by molar-refractivity contribution is 7.99. The summed E-state index contributed by atoms with van der Waals surface area (Å²) in [7, 11) is 0. The zero-order valence-electron chi connectivity index (χ0n) is 9.18. The van der Waals surface area contributed by atoms with Gasteiger partial charge in [0.15, 0.2) is 5.16 Å². The number of rotatable bonds is 4. The molecule has 6 heteroatoms. The first kappa shape index (κ1) is 11.9. The Balaban J connectivity index is 2.44. The van der Waals surface area contributed by atoms with E-state index in [2.05, 4.69) is 4.98 Å². The average molecular weight is 254 g/mol. The highest BCUT2D eigenvalue weighted by Crippen LogP contribution is 2.24. The van der Waals surface area contributed by atoms with Gasteiger partial charge in [0.1, 0.15) is 5.82 Å². The molecule has 0 atom stereocenters. The van der Waals surface area contributed by atoms with E-state index in [9.17, 15) is 9.18 Å². The van der Waals surface area contributed by atoms with Gasteiger partial charge in [-0.3, -0.25) is 4.79 Å². The number of carbonyl (C=O) groups is 1. The Bertz CT molecular complexity index is 568. The van der Waals surface area contributed by atoms with Gasteiger partial charge >= 0.3 is 5.97 Å². The molecule has 0 aliphatic heterocycles. The van der Waals surface area contributed by atoms with Crippen LogP contribution in [-0.4, -0.2) is 26.4 Å². The molecule has 0 radical (unpaired) electrons. The van der Waals surface area contributed by atoms with Crippen molar-refractivity contribution in [2.45, 2.75) is 18.6 Å². The maximum Gasteiger partial charge on any atom is 0.313 e. The molecule has 0 unspecified atom stereocenters. The second kappa shape index (κ2) is 4.75. The summed E-state index contributed by atoms with van der Waals surface area (Å²) in [5, 5.41) is 9.25. The first-order chi connectivity index (χ1) is 8.11. The number of aromatic nitrogens is 2. The minimum atomic E-state index is -0.893. The third kappa shape index (κ3) is 2.41. The molecular weight excluding hydrogens is 243 g/mol. The quantitative estimate of drug-likeness (QED) is 0.851. The first-order valence-electron chi connectivity index (χ1n) is 5.12.